The van der Waals surface area contributed by atoms with E-state index in [-0.39, 0.29) is 29.6 Å². The van der Waals surface area contributed by atoms with Crippen LogP contribution in [0.15, 0.2) is 23.1 Å². The van der Waals surface area contributed by atoms with Crippen LogP contribution >= 0.6 is 11.6 Å². The van der Waals surface area contributed by atoms with Crippen molar-refractivity contribution in [2.45, 2.75) is 18.2 Å². The van der Waals surface area contributed by atoms with Crippen LogP contribution in [-0.4, -0.2) is 37.5 Å². The van der Waals surface area contributed by atoms with Gasteiger partial charge in [-0.25, -0.2) is 12.8 Å². The van der Waals surface area contributed by atoms with E-state index in [2.05, 4.69) is 0 Å². The fourth-order valence-electron chi connectivity index (χ4n) is 1.53. The topological polar surface area (TPSA) is 57.6 Å². The molecule has 0 amide bonds. The van der Waals surface area contributed by atoms with Crippen LogP contribution in [-0.2, 0) is 10.0 Å². The first-order valence-corrected chi connectivity index (χ1v) is 7.31. The molecule has 102 valence electrons. The smallest absolute Gasteiger partial charge is 0.244 e. The lowest BCUT2D eigenvalue weighted by Gasteiger charge is -2.21. The monoisotopic (exact) mass is 295 g/mol. The molecular weight excluding hydrogens is 281 g/mol. The van der Waals surface area contributed by atoms with Crippen LogP contribution in [0.1, 0.15) is 13.3 Å². The first-order valence-electron chi connectivity index (χ1n) is 5.49. The minimum absolute atomic E-state index is 0.0320. The maximum atomic E-state index is 13.1. The predicted molar refractivity (Wildman–Crippen MR) is 67.5 cm³/mol. The largest absolute Gasteiger partial charge is 0.395 e. The Balaban J connectivity index is 3.21. The molecule has 1 rings (SSSR count). The number of hydrogen-bond acceptors (Lipinski definition) is 3. The maximum Gasteiger partial charge on any atom is 0.244 e. The SMILES string of the molecule is CCCN(CCO)S(=O)(=O)c1cc(F)ccc1Cl. The molecule has 0 aliphatic carbocycles. The van der Waals surface area contributed by atoms with Crippen molar-refractivity contribution in [1.82, 2.24) is 4.31 Å². The van der Waals surface area contributed by atoms with E-state index in [0.29, 0.717) is 6.42 Å². The first-order chi connectivity index (χ1) is 8.43. The van der Waals surface area contributed by atoms with Gasteiger partial charge in [-0.1, -0.05) is 18.5 Å². The highest BCUT2D eigenvalue weighted by atomic mass is 35.5. The second-order valence-electron chi connectivity index (χ2n) is 3.70. The van der Waals surface area contributed by atoms with Crippen LogP contribution in [0.3, 0.4) is 0 Å². The van der Waals surface area contributed by atoms with Gasteiger partial charge >= 0.3 is 0 Å². The van der Waals surface area contributed by atoms with Crippen LogP contribution in [0.2, 0.25) is 5.02 Å². The van der Waals surface area contributed by atoms with E-state index in [1.165, 1.54) is 6.07 Å². The molecule has 1 N–H and O–H groups in total. The van der Waals surface area contributed by atoms with Gasteiger partial charge in [0.1, 0.15) is 10.7 Å². The minimum Gasteiger partial charge on any atom is -0.395 e. The first kappa shape index (κ1) is 15.4. The van der Waals surface area contributed by atoms with Crippen LogP contribution in [0, 0.1) is 5.82 Å². The molecule has 0 unspecified atom stereocenters. The molecule has 1 aromatic carbocycles. The minimum atomic E-state index is -3.88. The number of benzene rings is 1. The number of sulfonamides is 1. The zero-order chi connectivity index (χ0) is 13.8. The van der Waals surface area contributed by atoms with Crippen molar-refractivity contribution >= 4 is 21.6 Å². The van der Waals surface area contributed by atoms with Crippen molar-refractivity contribution in [3.63, 3.8) is 0 Å². The average Bonchev–Trinajstić information content (AvgIpc) is 2.32. The quantitative estimate of drug-likeness (QED) is 0.872. The van der Waals surface area contributed by atoms with Crippen molar-refractivity contribution < 1.29 is 17.9 Å². The third-order valence-corrected chi connectivity index (χ3v) is 4.71. The molecule has 0 saturated heterocycles. The molecule has 18 heavy (non-hydrogen) atoms. The Labute approximate surface area is 111 Å². The van der Waals surface area contributed by atoms with E-state index in [0.717, 1.165) is 16.4 Å². The zero-order valence-corrected chi connectivity index (χ0v) is 11.5. The number of nitrogens with zero attached hydrogens (tertiary/aromatic N) is 1. The summed E-state index contributed by atoms with van der Waals surface area (Å²) in [4.78, 5) is -0.272. The lowest BCUT2D eigenvalue weighted by atomic mass is 10.3. The van der Waals surface area contributed by atoms with Crippen LogP contribution in [0.5, 0.6) is 0 Å². The lowest BCUT2D eigenvalue weighted by molar-refractivity contribution is 0.253. The van der Waals surface area contributed by atoms with Gasteiger partial charge in [-0.3, -0.25) is 0 Å². The molecule has 4 nitrogen and oxygen atoms in total. The molecule has 0 bridgehead atoms. The third kappa shape index (κ3) is 3.41. The van der Waals surface area contributed by atoms with Gasteiger partial charge in [-0.05, 0) is 24.6 Å². The third-order valence-electron chi connectivity index (χ3n) is 2.33. The summed E-state index contributed by atoms with van der Waals surface area (Å²) in [6.07, 6.45) is 0.589. The summed E-state index contributed by atoms with van der Waals surface area (Å²) in [6.45, 7) is 1.72. The van der Waals surface area contributed by atoms with Gasteiger partial charge in [-0.15, -0.1) is 0 Å². The van der Waals surface area contributed by atoms with Crippen molar-refractivity contribution in [1.29, 1.82) is 0 Å². The summed E-state index contributed by atoms with van der Waals surface area (Å²) < 4.78 is 38.7. The second-order valence-corrected chi connectivity index (χ2v) is 6.02. The molecule has 1 aromatic rings. The van der Waals surface area contributed by atoms with Gasteiger partial charge < -0.3 is 5.11 Å². The summed E-state index contributed by atoms with van der Waals surface area (Å²) in [6, 6.07) is 3.18. The fourth-order valence-corrected chi connectivity index (χ4v) is 3.54. The standard InChI is InChI=1S/C11H15ClFNO3S/c1-2-5-14(6-7-15)18(16,17)11-8-9(13)3-4-10(11)12/h3-4,8,15H,2,5-7H2,1H3. The second kappa shape index (κ2) is 6.47. The van der Waals surface area contributed by atoms with Crippen LogP contribution in [0.4, 0.5) is 4.39 Å². The van der Waals surface area contributed by atoms with E-state index in [4.69, 9.17) is 16.7 Å². The lowest BCUT2D eigenvalue weighted by Crippen LogP contribution is -2.34. The Morgan fingerprint density at radius 1 is 1.39 bits per heavy atom. The maximum absolute atomic E-state index is 13.1. The molecule has 0 aliphatic rings. The van der Waals surface area contributed by atoms with Crippen LogP contribution < -0.4 is 0 Å². The molecule has 0 atom stereocenters. The van der Waals surface area contributed by atoms with Gasteiger partial charge in [0.15, 0.2) is 0 Å². The number of halogens is 2. The van der Waals surface area contributed by atoms with Crippen LogP contribution in [0.25, 0.3) is 0 Å². The summed E-state index contributed by atoms with van der Waals surface area (Å²) in [5.74, 6) is -0.668. The van der Waals surface area contributed by atoms with Crippen molar-refractivity contribution in [3.8, 4) is 0 Å². The zero-order valence-electron chi connectivity index (χ0n) is 9.94. The highest BCUT2D eigenvalue weighted by Crippen LogP contribution is 2.25. The van der Waals surface area contributed by atoms with Crippen molar-refractivity contribution in [2.75, 3.05) is 19.7 Å². The molecule has 7 heteroatoms. The van der Waals surface area contributed by atoms with Gasteiger partial charge in [0.2, 0.25) is 10.0 Å². The summed E-state index contributed by atoms with van der Waals surface area (Å²) in [7, 11) is -3.88. The normalized spacial score (nSPS) is 12.1. The molecule has 0 fully saturated rings. The van der Waals surface area contributed by atoms with Gasteiger partial charge in [0.25, 0.3) is 0 Å². The number of aliphatic hydroxyl groups is 1. The summed E-state index contributed by atoms with van der Waals surface area (Å²) >= 11 is 5.79. The van der Waals surface area contributed by atoms with E-state index in [9.17, 15) is 12.8 Å². The Hall–Kier alpha value is -0.690. The van der Waals surface area contributed by atoms with E-state index < -0.39 is 15.8 Å². The Morgan fingerprint density at radius 2 is 2.06 bits per heavy atom. The molecule has 0 radical (unpaired) electrons. The van der Waals surface area contributed by atoms with Crippen molar-refractivity contribution in [3.05, 3.63) is 29.0 Å². The number of hydrogen-bond donors (Lipinski definition) is 1. The fraction of sp³-hybridized carbons (Fsp3) is 0.455. The highest BCUT2D eigenvalue weighted by Gasteiger charge is 2.26. The van der Waals surface area contributed by atoms with Crippen molar-refractivity contribution in [2.24, 2.45) is 0 Å². The number of rotatable bonds is 6. The Bertz CT molecular complexity index is 501. The van der Waals surface area contributed by atoms with Gasteiger partial charge in [0.05, 0.1) is 11.6 Å². The average molecular weight is 296 g/mol. The Kier molecular flexibility index (Phi) is 5.52. The van der Waals surface area contributed by atoms with Gasteiger partial charge in [-0.2, -0.15) is 4.31 Å². The molecule has 0 aliphatic heterocycles. The highest BCUT2D eigenvalue weighted by molar-refractivity contribution is 7.89. The van der Waals surface area contributed by atoms with E-state index >= 15 is 0 Å². The predicted octanol–water partition coefficient (Wildman–Crippen LogP) is 1.87. The molecule has 0 saturated carbocycles. The molecular formula is C11H15ClFNO3S. The molecule has 0 heterocycles. The number of aliphatic hydroxyl groups excluding tert-OH is 1. The molecule has 0 spiro atoms. The summed E-state index contributed by atoms with van der Waals surface area (Å²) in [5.41, 5.74) is 0. The van der Waals surface area contributed by atoms with E-state index in [1.807, 2.05) is 6.92 Å². The van der Waals surface area contributed by atoms with Gasteiger partial charge in [0, 0.05) is 13.1 Å². The summed E-state index contributed by atoms with van der Waals surface area (Å²) in [5, 5.41) is 8.85. The van der Waals surface area contributed by atoms with E-state index in [1.54, 1.807) is 0 Å². The molecule has 0 aromatic heterocycles. The Morgan fingerprint density at radius 3 is 2.61 bits per heavy atom.